The van der Waals surface area contributed by atoms with Gasteiger partial charge >= 0.3 is 0 Å². The third-order valence-corrected chi connectivity index (χ3v) is 3.71. The topological polar surface area (TPSA) is 17.1 Å². The van der Waals surface area contributed by atoms with Crippen LogP contribution in [0.1, 0.15) is 51.0 Å². The van der Waals surface area contributed by atoms with E-state index in [0.717, 1.165) is 12.8 Å². The number of hydrogen-bond acceptors (Lipinski definition) is 1. The molecule has 1 unspecified atom stereocenters. The SMILES string of the molecule is CC(CCCCCCCc1ccccc1)C(=O)Cl. The fourth-order valence-electron chi connectivity index (χ4n) is 2.07. The Labute approximate surface area is 116 Å². The van der Waals surface area contributed by atoms with E-state index in [-0.39, 0.29) is 11.2 Å². The monoisotopic (exact) mass is 266 g/mol. The van der Waals surface area contributed by atoms with Crippen LogP contribution in [-0.2, 0) is 11.2 Å². The van der Waals surface area contributed by atoms with E-state index >= 15 is 0 Å². The van der Waals surface area contributed by atoms with Crippen molar-refractivity contribution < 1.29 is 4.79 Å². The Morgan fingerprint density at radius 2 is 1.67 bits per heavy atom. The molecule has 0 aromatic heterocycles. The van der Waals surface area contributed by atoms with Crippen molar-refractivity contribution in [2.45, 2.75) is 51.9 Å². The summed E-state index contributed by atoms with van der Waals surface area (Å²) in [7, 11) is 0. The molecule has 0 radical (unpaired) electrons. The van der Waals surface area contributed by atoms with Crippen LogP contribution in [0.25, 0.3) is 0 Å². The fourth-order valence-corrected chi connectivity index (χ4v) is 2.18. The van der Waals surface area contributed by atoms with Gasteiger partial charge in [0.2, 0.25) is 5.24 Å². The average molecular weight is 267 g/mol. The second-order valence-electron chi connectivity index (χ2n) is 5.00. The van der Waals surface area contributed by atoms with Crippen molar-refractivity contribution in [2.75, 3.05) is 0 Å². The first-order valence-electron chi connectivity index (χ1n) is 6.93. The predicted molar refractivity (Wildman–Crippen MR) is 77.9 cm³/mol. The number of unbranched alkanes of at least 4 members (excludes halogenated alkanes) is 4. The molecule has 1 aromatic rings. The summed E-state index contributed by atoms with van der Waals surface area (Å²) in [6.45, 7) is 1.91. The largest absolute Gasteiger partial charge is 0.281 e. The minimum absolute atomic E-state index is 0.0241. The summed E-state index contributed by atoms with van der Waals surface area (Å²) >= 11 is 5.42. The molecular formula is C16H23ClO. The first kappa shape index (κ1) is 15.2. The Bertz CT molecular complexity index is 334. The number of carbonyl (C=O) groups excluding carboxylic acids is 1. The molecule has 0 amide bonds. The van der Waals surface area contributed by atoms with Crippen molar-refractivity contribution in [3.8, 4) is 0 Å². The summed E-state index contributed by atoms with van der Waals surface area (Å²) < 4.78 is 0. The van der Waals surface area contributed by atoms with Gasteiger partial charge in [0.1, 0.15) is 0 Å². The highest BCUT2D eigenvalue weighted by atomic mass is 35.5. The van der Waals surface area contributed by atoms with E-state index < -0.39 is 0 Å². The van der Waals surface area contributed by atoms with Crippen molar-refractivity contribution in [1.29, 1.82) is 0 Å². The smallest absolute Gasteiger partial charge is 0.224 e. The Morgan fingerprint density at radius 1 is 1.06 bits per heavy atom. The molecule has 2 heteroatoms. The van der Waals surface area contributed by atoms with E-state index in [4.69, 9.17) is 11.6 Å². The summed E-state index contributed by atoms with van der Waals surface area (Å²) in [5, 5.41) is -0.195. The molecule has 0 aliphatic rings. The van der Waals surface area contributed by atoms with E-state index in [9.17, 15) is 4.79 Å². The molecule has 0 aliphatic heterocycles. The average Bonchev–Trinajstić information content (AvgIpc) is 2.38. The van der Waals surface area contributed by atoms with Crippen molar-refractivity contribution in [1.82, 2.24) is 0 Å². The molecule has 0 aliphatic carbocycles. The van der Waals surface area contributed by atoms with Crippen LogP contribution in [0.3, 0.4) is 0 Å². The van der Waals surface area contributed by atoms with Crippen molar-refractivity contribution in [3.63, 3.8) is 0 Å². The maximum Gasteiger partial charge on any atom is 0.224 e. The molecule has 18 heavy (non-hydrogen) atoms. The zero-order chi connectivity index (χ0) is 13.2. The second kappa shape index (κ2) is 9.16. The minimum Gasteiger partial charge on any atom is -0.281 e. The summed E-state index contributed by atoms with van der Waals surface area (Å²) in [6, 6.07) is 10.6. The van der Waals surface area contributed by atoms with Crippen molar-refractivity contribution >= 4 is 16.8 Å². The normalized spacial score (nSPS) is 12.3. The Morgan fingerprint density at radius 3 is 2.33 bits per heavy atom. The van der Waals surface area contributed by atoms with Gasteiger partial charge in [-0.2, -0.15) is 0 Å². The Kier molecular flexibility index (Phi) is 7.75. The van der Waals surface area contributed by atoms with Gasteiger partial charge in [-0.15, -0.1) is 0 Å². The van der Waals surface area contributed by atoms with Gasteiger partial charge in [-0.1, -0.05) is 62.9 Å². The summed E-state index contributed by atoms with van der Waals surface area (Å²) in [5.41, 5.74) is 1.43. The summed E-state index contributed by atoms with van der Waals surface area (Å²) in [6.07, 6.45) is 8.23. The van der Waals surface area contributed by atoms with Gasteiger partial charge in [0.05, 0.1) is 0 Å². The van der Waals surface area contributed by atoms with Crippen LogP contribution in [0.15, 0.2) is 30.3 Å². The van der Waals surface area contributed by atoms with Crippen LogP contribution >= 0.6 is 11.6 Å². The van der Waals surface area contributed by atoms with Crippen LogP contribution in [0.4, 0.5) is 0 Å². The van der Waals surface area contributed by atoms with Crippen molar-refractivity contribution in [3.05, 3.63) is 35.9 Å². The molecule has 0 fully saturated rings. The standard InChI is InChI=1S/C16H23ClO/c1-14(16(17)18)10-6-3-2-4-7-11-15-12-8-5-9-13-15/h5,8-9,12-14H,2-4,6-7,10-11H2,1H3. The molecule has 1 rings (SSSR count). The molecule has 1 nitrogen and oxygen atoms in total. The highest BCUT2D eigenvalue weighted by Gasteiger charge is 2.08. The zero-order valence-corrected chi connectivity index (χ0v) is 12.0. The van der Waals surface area contributed by atoms with E-state index in [2.05, 4.69) is 30.3 Å². The Balaban J connectivity index is 1.95. The van der Waals surface area contributed by atoms with E-state index in [0.29, 0.717) is 0 Å². The van der Waals surface area contributed by atoms with Crippen LogP contribution in [0, 0.1) is 5.92 Å². The van der Waals surface area contributed by atoms with Crippen LogP contribution in [0.5, 0.6) is 0 Å². The number of carbonyl (C=O) groups is 1. The van der Waals surface area contributed by atoms with Gasteiger partial charge in [-0.3, -0.25) is 4.79 Å². The van der Waals surface area contributed by atoms with E-state index in [1.54, 1.807) is 0 Å². The lowest BCUT2D eigenvalue weighted by Crippen LogP contribution is -2.02. The lowest BCUT2D eigenvalue weighted by molar-refractivity contribution is -0.114. The first-order valence-corrected chi connectivity index (χ1v) is 7.31. The molecule has 1 aromatic carbocycles. The van der Waals surface area contributed by atoms with Gasteiger partial charge < -0.3 is 0 Å². The summed E-state index contributed by atoms with van der Waals surface area (Å²) in [4.78, 5) is 10.8. The number of hydrogen-bond donors (Lipinski definition) is 0. The molecule has 1 atom stereocenters. The van der Waals surface area contributed by atoms with Crippen LogP contribution in [0.2, 0.25) is 0 Å². The van der Waals surface area contributed by atoms with Crippen LogP contribution < -0.4 is 0 Å². The van der Waals surface area contributed by atoms with Crippen LogP contribution in [-0.4, -0.2) is 5.24 Å². The Hall–Kier alpha value is -0.820. The highest BCUT2D eigenvalue weighted by molar-refractivity contribution is 6.63. The van der Waals surface area contributed by atoms with Gasteiger partial charge in [0.25, 0.3) is 0 Å². The predicted octanol–water partition coefficient (Wildman–Crippen LogP) is 4.97. The fraction of sp³-hybridized carbons (Fsp3) is 0.562. The molecule has 0 spiro atoms. The number of aryl methyl sites for hydroxylation is 1. The highest BCUT2D eigenvalue weighted by Crippen LogP contribution is 2.14. The van der Waals surface area contributed by atoms with Crippen molar-refractivity contribution in [2.24, 2.45) is 5.92 Å². The van der Waals surface area contributed by atoms with Gasteiger partial charge in [0, 0.05) is 5.92 Å². The molecular weight excluding hydrogens is 244 g/mol. The molecule has 0 N–H and O–H groups in total. The van der Waals surface area contributed by atoms with Gasteiger partial charge in [-0.05, 0) is 36.4 Å². The number of halogens is 1. The lowest BCUT2D eigenvalue weighted by atomic mass is 10.0. The lowest BCUT2D eigenvalue weighted by Gasteiger charge is -2.05. The zero-order valence-electron chi connectivity index (χ0n) is 11.2. The second-order valence-corrected chi connectivity index (χ2v) is 5.37. The maximum atomic E-state index is 10.8. The first-order chi connectivity index (χ1) is 8.70. The van der Waals surface area contributed by atoms with E-state index in [1.807, 2.05) is 6.92 Å². The maximum absolute atomic E-state index is 10.8. The molecule has 0 bridgehead atoms. The van der Waals surface area contributed by atoms with Gasteiger partial charge in [0.15, 0.2) is 0 Å². The summed E-state index contributed by atoms with van der Waals surface area (Å²) in [5.74, 6) is 0.0241. The minimum atomic E-state index is -0.195. The molecule has 0 saturated carbocycles. The third-order valence-electron chi connectivity index (χ3n) is 3.33. The quantitative estimate of drug-likeness (QED) is 0.455. The molecule has 0 saturated heterocycles. The van der Waals surface area contributed by atoms with E-state index in [1.165, 1.54) is 37.7 Å². The number of benzene rings is 1. The molecule has 0 heterocycles. The molecule has 100 valence electrons. The third kappa shape index (κ3) is 6.80. The van der Waals surface area contributed by atoms with Gasteiger partial charge in [-0.25, -0.2) is 0 Å². The number of rotatable bonds is 9.